The minimum Gasteiger partial charge on any atom is -0.435 e. The lowest BCUT2D eigenvalue weighted by molar-refractivity contribution is 0.0287. The quantitative estimate of drug-likeness (QED) is 0.800. The molecule has 0 radical (unpaired) electrons. The molecule has 0 bridgehead atoms. The maximum atomic E-state index is 12.5. The summed E-state index contributed by atoms with van der Waals surface area (Å²) in [5, 5.41) is -0.500. The molecule has 0 N–H and O–H groups in total. The molecule has 6 heteroatoms. The van der Waals surface area contributed by atoms with E-state index < -0.39 is 21.2 Å². The number of ether oxygens (including phenoxy) is 2. The summed E-state index contributed by atoms with van der Waals surface area (Å²) < 4.78 is 34.9. The van der Waals surface area contributed by atoms with Crippen LogP contribution in [0.2, 0.25) is 0 Å². The molecule has 1 aliphatic rings. The van der Waals surface area contributed by atoms with Gasteiger partial charge in [-0.3, -0.25) is 0 Å². The molecular formula is C15H20O5S. The third kappa shape index (κ3) is 3.75. The van der Waals surface area contributed by atoms with Gasteiger partial charge in [0.1, 0.15) is 6.10 Å². The van der Waals surface area contributed by atoms with Gasteiger partial charge in [0.05, 0.1) is 16.8 Å². The minimum atomic E-state index is -3.37. The van der Waals surface area contributed by atoms with Crippen molar-refractivity contribution in [3.05, 3.63) is 29.8 Å². The molecule has 1 fully saturated rings. The van der Waals surface area contributed by atoms with Crippen LogP contribution >= 0.6 is 0 Å². The topological polar surface area (TPSA) is 69.7 Å². The SMILES string of the molecule is CCOC(=O)O[C@H]1CC[C@@H](S(=O)(=O)c2ccc(C)cc2)C1. The van der Waals surface area contributed by atoms with Crippen molar-refractivity contribution in [2.45, 2.75) is 49.4 Å². The number of benzene rings is 1. The van der Waals surface area contributed by atoms with E-state index in [1.807, 2.05) is 6.92 Å². The zero-order valence-corrected chi connectivity index (χ0v) is 13.1. The summed E-state index contributed by atoms with van der Waals surface area (Å²) in [6.45, 7) is 3.85. The van der Waals surface area contributed by atoms with Crippen molar-refractivity contribution < 1.29 is 22.7 Å². The Morgan fingerprint density at radius 3 is 2.52 bits per heavy atom. The second-order valence-electron chi connectivity index (χ2n) is 5.22. The lowest BCUT2D eigenvalue weighted by atomic mass is 10.2. The predicted molar refractivity (Wildman–Crippen MR) is 77.9 cm³/mol. The molecule has 0 amide bonds. The van der Waals surface area contributed by atoms with Gasteiger partial charge >= 0.3 is 6.16 Å². The van der Waals surface area contributed by atoms with Gasteiger partial charge in [-0.05, 0) is 38.8 Å². The largest absolute Gasteiger partial charge is 0.508 e. The van der Waals surface area contributed by atoms with Crippen molar-refractivity contribution in [1.29, 1.82) is 0 Å². The molecule has 1 saturated carbocycles. The molecule has 0 heterocycles. The Kier molecular flexibility index (Phi) is 4.88. The zero-order valence-electron chi connectivity index (χ0n) is 12.2. The number of rotatable bonds is 4. The molecule has 0 aliphatic heterocycles. The summed E-state index contributed by atoms with van der Waals surface area (Å²) in [5.74, 6) is 0. The highest BCUT2D eigenvalue weighted by Crippen LogP contribution is 2.31. The van der Waals surface area contributed by atoms with Crippen molar-refractivity contribution in [3.63, 3.8) is 0 Å². The first-order valence-electron chi connectivity index (χ1n) is 7.07. The maximum Gasteiger partial charge on any atom is 0.508 e. The standard InChI is InChI=1S/C15H20O5S/c1-3-19-15(16)20-12-6-9-14(10-12)21(17,18)13-7-4-11(2)5-8-13/h4-5,7-8,12,14H,3,6,9-10H2,1-2H3/t12-,14+/m0/s1. The number of hydrogen-bond donors (Lipinski definition) is 0. The zero-order chi connectivity index (χ0) is 15.5. The van der Waals surface area contributed by atoms with Gasteiger partial charge in [-0.2, -0.15) is 0 Å². The molecule has 21 heavy (non-hydrogen) atoms. The van der Waals surface area contributed by atoms with E-state index in [2.05, 4.69) is 0 Å². The average molecular weight is 312 g/mol. The van der Waals surface area contributed by atoms with Crippen molar-refractivity contribution in [1.82, 2.24) is 0 Å². The first kappa shape index (κ1) is 15.8. The summed E-state index contributed by atoms with van der Waals surface area (Å²) in [6.07, 6.45) is 0.273. The Bertz CT molecular complexity index is 591. The fourth-order valence-electron chi connectivity index (χ4n) is 2.50. The fraction of sp³-hybridized carbons (Fsp3) is 0.533. The maximum absolute atomic E-state index is 12.5. The smallest absolute Gasteiger partial charge is 0.435 e. The van der Waals surface area contributed by atoms with E-state index in [0.717, 1.165) is 5.56 Å². The Labute approximate surface area is 125 Å². The van der Waals surface area contributed by atoms with E-state index >= 15 is 0 Å². The second-order valence-corrected chi connectivity index (χ2v) is 7.44. The van der Waals surface area contributed by atoms with Crippen LogP contribution in [0.3, 0.4) is 0 Å². The second kappa shape index (κ2) is 6.47. The van der Waals surface area contributed by atoms with Crippen LogP contribution in [-0.2, 0) is 19.3 Å². The molecular weight excluding hydrogens is 292 g/mol. The lowest BCUT2D eigenvalue weighted by Gasteiger charge is -2.13. The monoisotopic (exact) mass is 312 g/mol. The lowest BCUT2D eigenvalue weighted by Crippen LogP contribution is -2.21. The molecule has 5 nitrogen and oxygen atoms in total. The number of carbonyl (C=O) groups is 1. The molecule has 1 aromatic rings. The van der Waals surface area contributed by atoms with Crippen molar-refractivity contribution in [3.8, 4) is 0 Å². The van der Waals surface area contributed by atoms with Crippen LogP contribution in [0.5, 0.6) is 0 Å². The average Bonchev–Trinajstić information content (AvgIpc) is 2.88. The van der Waals surface area contributed by atoms with E-state index in [4.69, 9.17) is 9.47 Å². The van der Waals surface area contributed by atoms with E-state index in [-0.39, 0.29) is 12.7 Å². The molecule has 1 aromatic carbocycles. The summed E-state index contributed by atoms with van der Waals surface area (Å²) >= 11 is 0. The highest BCUT2D eigenvalue weighted by Gasteiger charge is 2.37. The van der Waals surface area contributed by atoms with Gasteiger partial charge < -0.3 is 9.47 Å². The van der Waals surface area contributed by atoms with E-state index in [1.54, 1.807) is 31.2 Å². The highest BCUT2D eigenvalue weighted by atomic mass is 32.2. The van der Waals surface area contributed by atoms with Crippen molar-refractivity contribution in [2.24, 2.45) is 0 Å². The normalized spacial score (nSPS) is 22.0. The first-order chi connectivity index (χ1) is 9.93. The van der Waals surface area contributed by atoms with Crippen LogP contribution in [0.1, 0.15) is 31.7 Å². The number of carbonyl (C=O) groups excluding carboxylic acids is 1. The summed E-state index contributed by atoms with van der Waals surface area (Å²) in [5.41, 5.74) is 1.02. The van der Waals surface area contributed by atoms with Gasteiger partial charge in [-0.25, -0.2) is 13.2 Å². The van der Waals surface area contributed by atoms with Gasteiger partial charge in [0, 0.05) is 6.42 Å². The number of aryl methyl sites for hydroxylation is 1. The Hall–Kier alpha value is -1.56. The summed E-state index contributed by atoms with van der Waals surface area (Å²) in [7, 11) is -3.37. The third-order valence-electron chi connectivity index (χ3n) is 3.65. The number of hydrogen-bond acceptors (Lipinski definition) is 5. The van der Waals surface area contributed by atoms with Crippen LogP contribution in [0.4, 0.5) is 4.79 Å². The van der Waals surface area contributed by atoms with Gasteiger partial charge in [0.2, 0.25) is 0 Å². The molecule has 116 valence electrons. The van der Waals surface area contributed by atoms with Crippen LogP contribution < -0.4 is 0 Å². The fourth-order valence-corrected chi connectivity index (χ4v) is 4.31. The number of sulfone groups is 1. The Morgan fingerprint density at radius 2 is 1.90 bits per heavy atom. The van der Waals surface area contributed by atoms with Gasteiger partial charge in [0.25, 0.3) is 0 Å². The molecule has 0 spiro atoms. The van der Waals surface area contributed by atoms with Crippen LogP contribution in [0, 0.1) is 6.92 Å². The summed E-state index contributed by atoms with van der Waals surface area (Å²) in [6, 6.07) is 6.83. The molecule has 2 rings (SSSR count). The summed E-state index contributed by atoms with van der Waals surface area (Å²) in [4.78, 5) is 11.6. The third-order valence-corrected chi connectivity index (χ3v) is 5.88. The molecule has 1 aliphatic carbocycles. The first-order valence-corrected chi connectivity index (χ1v) is 8.62. The van der Waals surface area contributed by atoms with Gasteiger partial charge in [0.15, 0.2) is 9.84 Å². The molecule has 2 atom stereocenters. The molecule has 0 aromatic heterocycles. The Balaban J connectivity index is 2.03. The van der Waals surface area contributed by atoms with Crippen molar-refractivity contribution in [2.75, 3.05) is 6.61 Å². The van der Waals surface area contributed by atoms with Gasteiger partial charge in [-0.1, -0.05) is 17.7 Å². The Morgan fingerprint density at radius 1 is 1.24 bits per heavy atom. The van der Waals surface area contributed by atoms with E-state index in [0.29, 0.717) is 24.2 Å². The van der Waals surface area contributed by atoms with Crippen molar-refractivity contribution >= 4 is 16.0 Å². The highest BCUT2D eigenvalue weighted by molar-refractivity contribution is 7.92. The molecule has 0 unspecified atom stereocenters. The predicted octanol–water partition coefficient (Wildman–Crippen LogP) is 2.86. The van der Waals surface area contributed by atoms with E-state index in [1.165, 1.54) is 0 Å². The van der Waals surface area contributed by atoms with Crippen LogP contribution in [0.25, 0.3) is 0 Å². The van der Waals surface area contributed by atoms with Crippen LogP contribution in [0.15, 0.2) is 29.2 Å². The van der Waals surface area contributed by atoms with Crippen LogP contribution in [-0.4, -0.2) is 32.5 Å². The minimum absolute atomic E-state index is 0.247. The molecule has 0 saturated heterocycles. The van der Waals surface area contributed by atoms with E-state index in [9.17, 15) is 13.2 Å². The van der Waals surface area contributed by atoms with Gasteiger partial charge in [-0.15, -0.1) is 0 Å².